The number of benzene rings is 1. The summed E-state index contributed by atoms with van der Waals surface area (Å²) >= 11 is 0. The Morgan fingerprint density at radius 2 is 1.94 bits per heavy atom. The van der Waals surface area contributed by atoms with Crippen LogP contribution in [0.3, 0.4) is 0 Å². The first-order valence-electron chi connectivity index (χ1n) is 6.46. The van der Waals surface area contributed by atoms with Crippen molar-refractivity contribution in [3.63, 3.8) is 0 Å². The number of rotatable bonds is 4. The largest absolute Gasteiger partial charge is 0.316 e. The van der Waals surface area contributed by atoms with Crippen molar-refractivity contribution in [3.8, 4) is 11.1 Å². The first-order valence-corrected chi connectivity index (χ1v) is 6.46. The third kappa shape index (κ3) is 2.18. The normalized spacial score (nSPS) is 10.9. The molecule has 1 heterocycles. The lowest BCUT2D eigenvalue weighted by Crippen LogP contribution is -2.06. The van der Waals surface area contributed by atoms with Crippen molar-refractivity contribution < 1.29 is 0 Å². The minimum atomic E-state index is 0.881. The Bertz CT molecular complexity index is 541. The molecular formula is C15H21N3. The molecule has 0 fully saturated rings. The van der Waals surface area contributed by atoms with Crippen molar-refractivity contribution in [1.29, 1.82) is 0 Å². The maximum atomic E-state index is 4.60. The monoisotopic (exact) mass is 243 g/mol. The van der Waals surface area contributed by atoms with Gasteiger partial charge in [0.2, 0.25) is 0 Å². The molecule has 0 aliphatic heterocycles. The highest BCUT2D eigenvalue weighted by molar-refractivity contribution is 5.71. The van der Waals surface area contributed by atoms with Crippen LogP contribution in [0.2, 0.25) is 0 Å². The molecule has 96 valence electrons. The Morgan fingerprint density at radius 1 is 1.22 bits per heavy atom. The van der Waals surface area contributed by atoms with Crippen molar-refractivity contribution in [3.05, 3.63) is 41.2 Å². The number of nitrogens with one attached hydrogen (secondary N) is 1. The number of hydrogen-bond donors (Lipinski definition) is 1. The van der Waals surface area contributed by atoms with Crippen LogP contribution in [0.1, 0.15) is 23.9 Å². The number of nitrogens with zero attached hydrogens (tertiary/aromatic N) is 2. The van der Waals surface area contributed by atoms with E-state index in [1.165, 1.54) is 22.4 Å². The average Bonchev–Trinajstić information content (AvgIpc) is 2.66. The fraction of sp³-hybridized carbons (Fsp3) is 0.400. The van der Waals surface area contributed by atoms with Gasteiger partial charge in [-0.25, -0.2) is 0 Å². The summed E-state index contributed by atoms with van der Waals surface area (Å²) in [6.45, 7) is 8.16. The third-order valence-corrected chi connectivity index (χ3v) is 3.33. The van der Waals surface area contributed by atoms with Gasteiger partial charge in [0.25, 0.3) is 0 Å². The van der Waals surface area contributed by atoms with E-state index in [2.05, 4.69) is 60.1 Å². The second kappa shape index (κ2) is 5.36. The van der Waals surface area contributed by atoms with E-state index in [0.717, 1.165) is 18.8 Å². The van der Waals surface area contributed by atoms with E-state index >= 15 is 0 Å². The minimum Gasteiger partial charge on any atom is -0.316 e. The molecule has 3 heteroatoms. The fourth-order valence-electron chi connectivity index (χ4n) is 2.50. The maximum absolute atomic E-state index is 4.60. The Kier molecular flexibility index (Phi) is 3.82. The molecule has 0 amide bonds. The molecule has 0 saturated carbocycles. The van der Waals surface area contributed by atoms with Crippen LogP contribution in [0.25, 0.3) is 11.1 Å². The van der Waals surface area contributed by atoms with E-state index in [1.54, 1.807) is 0 Å². The minimum absolute atomic E-state index is 0.881. The lowest BCUT2D eigenvalue weighted by molar-refractivity contribution is 0.634. The lowest BCUT2D eigenvalue weighted by Gasteiger charge is -2.10. The molecule has 2 rings (SSSR count). The smallest absolute Gasteiger partial charge is 0.0675 e. The molecule has 1 aromatic carbocycles. The molecule has 0 atom stereocenters. The molecule has 0 saturated heterocycles. The molecule has 0 radical (unpaired) electrons. The van der Waals surface area contributed by atoms with Crippen LogP contribution in [0.5, 0.6) is 0 Å². The van der Waals surface area contributed by atoms with Gasteiger partial charge in [0.15, 0.2) is 0 Å². The zero-order valence-corrected chi connectivity index (χ0v) is 11.6. The van der Waals surface area contributed by atoms with Crippen LogP contribution in [-0.2, 0) is 13.1 Å². The zero-order chi connectivity index (χ0) is 13.1. The summed E-state index contributed by atoms with van der Waals surface area (Å²) in [6.07, 6.45) is 0. The van der Waals surface area contributed by atoms with Crippen LogP contribution in [0, 0.1) is 13.8 Å². The van der Waals surface area contributed by atoms with Gasteiger partial charge >= 0.3 is 0 Å². The summed E-state index contributed by atoms with van der Waals surface area (Å²) in [5.74, 6) is 0. The average molecular weight is 243 g/mol. The van der Waals surface area contributed by atoms with E-state index in [-0.39, 0.29) is 0 Å². The van der Waals surface area contributed by atoms with Gasteiger partial charge in [-0.3, -0.25) is 4.68 Å². The Labute approximate surface area is 109 Å². The molecule has 1 aromatic heterocycles. The van der Waals surface area contributed by atoms with Gasteiger partial charge in [0.1, 0.15) is 0 Å². The molecule has 0 spiro atoms. The van der Waals surface area contributed by atoms with Crippen LogP contribution in [0.4, 0.5) is 0 Å². The Balaban J connectivity index is 2.58. The summed E-state index contributed by atoms with van der Waals surface area (Å²) < 4.78 is 2.07. The molecular weight excluding hydrogens is 222 g/mol. The molecule has 0 aliphatic rings. The number of hydrogen-bond acceptors (Lipinski definition) is 2. The maximum Gasteiger partial charge on any atom is 0.0675 e. The lowest BCUT2D eigenvalue weighted by atomic mass is 9.98. The third-order valence-electron chi connectivity index (χ3n) is 3.33. The summed E-state index contributed by atoms with van der Waals surface area (Å²) in [5.41, 5.74) is 6.25. The molecule has 1 N–H and O–H groups in total. The van der Waals surface area contributed by atoms with E-state index < -0.39 is 0 Å². The Morgan fingerprint density at radius 3 is 2.56 bits per heavy atom. The predicted molar refractivity (Wildman–Crippen MR) is 75.6 cm³/mol. The van der Waals surface area contributed by atoms with Crippen LogP contribution in [0.15, 0.2) is 24.3 Å². The molecule has 0 bridgehead atoms. The van der Waals surface area contributed by atoms with Gasteiger partial charge in [-0.05, 0) is 38.9 Å². The van der Waals surface area contributed by atoms with Crippen molar-refractivity contribution >= 4 is 0 Å². The molecule has 2 aromatic rings. The van der Waals surface area contributed by atoms with E-state index in [1.807, 2.05) is 7.05 Å². The first kappa shape index (κ1) is 12.8. The highest BCUT2D eigenvalue weighted by atomic mass is 15.3. The van der Waals surface area contributed by atoms with E-state index in [4.69, 9.17) is 0 Å². The summed E-state index contributed by atoms with van der Waals surface area (Å²) in [4.78, 5) is 0. The number of aryl methyl sites for hydroxylation is 2. The summed E-state index contributed by atoms with van der Waals surface area (Å²) in [5, 5.41) is 7.83. The standard InChI is InChI=1S/C15H21N3/c1-5-18-12(3)15(11(2)17-18)14-9-7-6-8-13(14)10-16-4/h6-9,16H,5,10H2,1-4H3. The topological polar surface area (TPSA) is 29.9 Å². The number of aromatic nitrogens is 2. The highest BCUT2D eigenvalue weighted by Crippen LogP contribution is 2.29. The van der Waals surface area contributed by atoms with Gasteiger partial charge in [0.05, 0.1) is 5.69 Å². The van der Waals surface area contributed by atoms with Crippen molar-refractivity contribution in [2.75, 3.05) is 7.05 Å². The summed E-state index contributed by atoms with van der Waals surface area (Å²) in [6, 6.07) is 8.54. The van der Waals surface area contributed by atoms with Gasteiger partial charge in [-0.1, -0.05) is 24.3 Å². The van der Waals surface area contributed by atoms with Crippen molar-refractivity contribution in [1.82, 2.24) is 15.1 Å². The second-order valence-corrected chi connectivity index (χ2v) is 4.55. The van der Waals surface area contributed by atoms with E-state index in [9.17, 15) is 0 Å². The summed E-state index contributed by atoms with van der Waals surface area (Å²) in [7, 11) is 1.98. The van der Waals surface area contributed by atoms with Gasteiger partial charge in [-0.15, -0.1) is 0 Å². The predicted octanol–water partition coefficient (Wildman–Crippen LogP) is 2.91. The molecule has 18 heavy (non-hydrogen) atoms. The Hall–Kier alpha value is -1.61. The molecule has 3 nitrogen and oxygen atoms in total. The zero-order valence-electron chi connectivity index (χ0n) is 11.6. The first-order chi connectivity index (χ1) is 8.69. The van der Waals surface area contributed by atoms with Crippen LogP contribution < -0.4 is 5.32 Å². The van der Waals surface area contributed by atoms with Gasteiger partial charge in [-0.2, -0.15) is 5.10 Å². The molecule has 0 aliphatic carbocycles. The van der Waals surface area contributed by atoms with Gasteiger partial charge in [0, 0.05) is 24.3 Å². The molecule has 0 unspecified atom stereocenters. The quantitative estimate of drug-likeness (QED) is 0.895. The van der Waals surface area contributed by atoms with Crippen LogP contribution >= 0.6 is 0 Å². The van der Waals surface area contributed by atoms with E-state index in [0.29, 0.717) is 0 Å². The SMILES string of the molecule is CCn1nc(C)c(-c2ccccc2CNC)c1C. The van der Waals surface area contributed by atoms with Crippen molar-refractivity contribution in [2.24, 2.45) is 0 Å². The fourth-order valence-corrected chi connectivity index (χ4v) is 2.50. The highest BCUT2D eigenvalue weighted by Gasteiger charge is 2.14. The second-order valence-electron chi connectivity index (χ2n) is 4.55. The van der Waals surface area contributed by atoms with Crippen molar-refractivity contribution in [2.45, 2.75) is 33.9 Å². The van der Waals surface area contributed by atoms with Gasteiger partial charge < -0.3 is 5.32 Å². The van der Waals surface area contributed by atoms with Crippen LogP contribution in [-0.4, -0.2) is 16.8 Å².